The number of methoxy groups -OCH3 is 1. The van der Waals surface area contributed by atoms with Gasteiger partial charge in [0.1, 0.15) is 5.60 Å². The molecule has 0 aromatic heterocycles. The molecular weight excluding hydrogens is 180 g/mol. The van der Waals surface area contributed by atoms with E-state index in [1.807, 2.05) is 13.0 Å². The highest BCUT2D eigenvalue weighted by Crippen LogP contribution is 2.14. The van der Waals surface area contributed by atoms with Gasteiger partial charge in [-0.2, -0.15) is 5.26 Å². The lowest BCUT2D eigenvalue weighted by molar-refractivity contribution is -0.151. The second-order valence-corrected chi connectivity index (χ2v) is 3.84. The molecule has 0 aliphatic carbocycles. The van der Waals surface area contributed by atoms with Crippen molar-refractivity contribution in [3.63, 3.8) is 0 Å². The Hall–Kier alpha value is -1.08. The molecular formula is C10H18N2O2. The molecule has 0 spiro atoms. The van der Waals surface area contributed by atoms with Crippen LogP contribution in [0.25, 0.3) is 0 Å². The van der Waals surface area contributed by atoms with Crippen molar-refractivity contribution < 1.29 is 9.53 Å². The van der Waals surface area contributed by atoms with E-state index >= 15 is 0 Å². The van der Waals surface area contributed by atoms with Gasteiger partial charge in [0, 0.05) is 20.2 Å². The van der Waals surface area contributed by atoms with Gasteiger partial charge < -0.3 is 9.64 Å². The molecule has 4 heteroatoms. The van der Waals surface area contributed by atoms with Gasteiger partial charge in [-0.1, -0.05) is 0 Å². The Labute approximate surface area is 85.5 Å². The molecule has 4 nitrogen and oxygen atoms in total. The lowest BCUT2D eigenvalue weighted by Crippen LogP contribution is -2.47. The minimum Gasteiger partial charge on any atom is -0.369 e. The van der Waals surface area contributed by atoms with E-state index in [2.05, 4.69) is 0 Å². The molecule has 1 amide bonds. The topological polar surface area (TPSA) is 53.3 Å². The minimum absolute atomic E-state index is 0.0816. The largest absolute Gasteiger partial charge is 0.369 e. The van der Waals surface area contributed by atoms with Crippen LogP contribution in [0.4, 0.5) is 0 Å². The summed E-state index contributed by atoms with van der Waals surface area (Å²) in [7, 11) is 3.19. The van der Waals surface area contributed by atoms with Crippen LogP contribution in [0.1, 0.15) is 27.2 Å². The highest BCUT2D eigenvalue weighted by Gasteiger charge is 2.31. The smallest absolute Gasteiger partial charge is 0.254 e. The molecule has 0 radical (unpaired) electrons. The first-order valence-corrected chi connectivity index (χ1v) is 4.56. The number of nitriles is 1. The van der Waals surface area contributed by atoms with Crippen LogP contribution < -0.4 is 0 Å². The van der Waals surface area contributed by atoms with Gasteiger partial charge in [0.05, 0.1) is 12.5 Å². The maximum absolute atomic E-state index is 11.8. The number of carbonyl (C=O) groups excluding carboxylic acids is 1. The summed E-state index contributed by atoms with van der Waals surface area (Å²) in [5, 5.41) is 8.51. The van der Waals surface area contributed by atoms with Gasteiger partial charge in [-0.3, -0.25) is 4.79 Å². The average Bonchev–Trinajstić information content (AvgIpc) is 2.15. The average molecular weight is 198 g/mol. The maximum Gasteiger partial charge on any atom is 0.254 e. The van der Waals surface area contributed by atoms with Crippen LogP contribution in [0, 0.1) is 11.3 Å². The van der Waals surface area contributed by atoms with E-state index in [4.69, 9.17) is 10.00 Å². The Kier molecular flexibility index (Phi) is 4.58. The summed E-state index contributed by atoms with van der Waals surface area (Å²) < 4.78 is 5.07. The van der Waals surface area contributed by atoms with Crippen LogP contribution in [-0.4, -0.2) is 36.6 Å². The molecule has 14 heavy (non-hydrogen) atoms. The van der Waals surface area contributed by atoms with Crippen molar-refractivity contribution in [2.45, 2.75) is 38.8 Å². The van der Waals surface area contributed by atoms with Crippen LogP contribution in [0.5, 0.6) is 0 Å². The third-order valence-electron chi connectivity index (χ3n) is 2.39. The molecule has 0 aromatic carbocycles. The summed E-state index contributed by atoms with van der Waals surface area (Å²) in [5.41, 5.74) is -0.821. The molecule has 1 atom stereocenters. The van der Waals surface area contributed by atoms with Gasteiger partial charge in [0.2, 0.25) is 0 Å². The molecule has 0 heterocycles. The quantitative estimate of drug-likeness (QED) is 0.681. The molecule has 0 N–H and O–H groups in total. The minimum atomic E-state index is -0.821. The Balaban J connectivity index is 4.48. The first kappa shape index (κ1) is 12.9. The van der Waals surface area contributed by atoms with Crippen molar-refractivity contribution in [2.24, 2.45) is 0 Å². The Morgan fingerprint density at radius 1 is 1.64 bits per heavy atom. The molecule has 1 unspecified atom stereocenters. The summed E-state index contributed by atoms with van der Waals surface area (Å²) in [5.74, 6) is -0.109. The van der Waals surface area contributed by atoms with E-state index in [9.17, 15) is 4.79 Å². The predicted octanol–water partition coefficient (Wildman–Crippen LogP) is 1.17. The third-order valence-corrected chi connectivity index (χ3v) is 2.39. The second-order valence-electron chi connectivity index (χ2n) is 3.84. The lowest BCUT2D eigenvalue weighted by atomic mass is 10.1. The van der Waals surface area contributed by atoms with Gasteiger partial charge >= 0.3 is 0 Å². The molecule has 0 saturated carbocycles. The fourth-order valence-electron chi connectivity index (χ4n) is 0.981. The highest BCUT2D eigenvalue weighted by molar-refractivity contribution is 5.84. The van der Waals surface area contributed by atoms with E-state index in [0.29, 0.717) is 6.42 Å². The monoisotopic (exact) mass is 198 g/mol. The predicted molar refractivity (Wildman–Crippen MR) is 53.6 cm³/mol. The number of carbonyl (C=O) groups is 1. The number of ether oxygens (including phenoxy) is 1. The summed E-state index contributed by atoms with van der Waals surface area (Å²) in [6, 6.07) is 1.96. The van der Waals surface area contributed by atoms with Gasteiger partial charge in [0.25, 0.3) is 5.91 Å². The lowest BCUT2D eigenvalue weighted by Gasteiger charge is -2.31. The molecule has 0 bridgehead atoms. The van der Waals surface area contributed by atoms with Crippen LogP contribution in [-0.2, 0) is 9.53 Å². The highest BCUT2D eigenvalue weighted by atomic mass is 16.5. The zero-order valence-corrected chi connectivity index (χ0v) is 9.50. The molecule has 0 aliphatic heterocycles. The van der Waals surface area contributed by atoms with Crippen molar-refractivity contribution in [1.29, 1.82) is 5.26 Å². The summed E-state index contributed by atoms with van der Waals surface area (Å²) >= 11 is 0. The van der Waals surface area contributed by atoms with Crippen LogP contribution in [0.3, 0.4) is 0 Å². The summed E-state index contributed by atoms with van der Waals surface area (Å²) in [6.45, 7) is 5.27. The van der Waals surface area contributed by atoms with Crippen molar-refractivity contribution >= 4 is 5.91 Å². The molecule has 0 saturated heterocycles. The van der Waals surface area contributed by atoms with E-state index in [1.165, 1.54) is 7.11 Å². The van der Waals surface area contributed by atoms with Crippen molar-refractivity contribution in [2.75, 3.05) is 14.2 Å². The Morgan fingerprint density at radius 2 is 2.14 bits per heavy atom. The second kappa shape index (κ2) is 4.97. The standard InChI is InChI=1S/C10H18N2O2/c1-8(6-7-11)12(4)9(13)10(2,3)14-5/h8H,6H2,1-5H3. The van der Waals surface area contributed by atoms with Crippen molar-refractivity contribution in [1.82, 2.24) is 4.90 Å². The number of rotatable bonds is 4. The summed E-state index contributed by atoms with van der Waals surface area (Å²) in [4.78, 5) is 13.4. The van der Waals surface area contributed by atoms with E-state index in [1.54, 1.807) is 25.8 Å². The zero-order chi connectivity index (χ0) is 11.4. The van der Waals surface area contributed by atoms with Crippen LogP contribution in [0.15, 0.2) is 0 Å². The van der Waals surface area contributed by atoms with Gasteiger partial charge in [0.15, 0.2) is 0 Å². The fraction of sp³-hybridized carbons (Fsp3) is 0.800. The zero-order valence-electron chi connectivity index (χ0n) is 9.50. The van der Waals surface area contributed by atoms with Gasteiger partial charge in [-0.25, -0.2) is 0 Å². The molecule has 80 valence electrons. The number of hydrogen-bond acceptors (Lipinski definition) is 3. The first-order chi connectivity index (χ1) is 6.36. The molecule has 0 aromatic rings. The summed E-state index contributed by atoms with van der Waals surface area (Å²) in [6.07, 6.45) is 0.335. The SMILES string of the molecule is COC(C)(C)C(=O)N(C)C(C)CC#N. The number of hydrogen-bond donors (Lipinski definition) is 0. The van der Waals surface area contributed by atoms with E-state index in [-0.39, 0.29) is 11.9 Å². The Bertz CT molecular complexity index is 243. The fourth-order valence-corrected chi connectivity index (χ4v) is 0.981. The molecule has 0 aliphatic rings. The number of nitrogens with zero attached hydrogens (tertiary/aromatic N) is 2. The molecule has 0 fully saturated rings. The van der Waals surface area contributed by atoms with E-state index in [0.717, 1.165) is 0 Å². The van der Waals surface area contributed by atoms with E-state index < -0.39 is 5.60 Å². The van der Waals surface area contributed by atoms with Crippen LogP contribution >= 0.6 is 0 Å². The normalized spacial score (nSPS) is 13.1. The van der Waals surface area contributed by atoms with Gasteiger partial charge in [-0.05, 0) is 20.8 Å². The first-order valence-electron chi connectivity index (χ1n) is 4.56. The van der Waals surface area contributed by atoms with Gasteiger partial charge in [-0.15, -0.1) is 0 Å². The van der Waals surface area contributed by atoms with Crippen molar-refractivity contribution in [3.05, 3.63) is 0 Å². The van der Waals surface area contributed by atoms with Crippen molar-refractivity contribution in [3.8, 4) is 6.07 Å². The third kappa shape index (κ3) is 3.00. The maximum atomic E-state index is 11.8. The van der Waals surface area contributed by atoms with Crippen LogP contribution in [0.2, 0.25) is 0 Å². The number of amides is 1. The Morgan fingerprint density at radius 3 is 2.50 bits per heavy atom. The number of likely N-dealkylation sites (N-methyl/N-ethyl adjacent to an activating group) is 1. The molecule has 0 rings (SSSR count).